The summed E-state index contributed by atoms with van der Waals surface area (Å²) in [5.74, 6) is -0.927. The van der Waals surface area contributed by atoms with Crippen molar-refractivity contribution >= 4 is 11.9 Å². The second-order valence-corrected chi connectivity index (χ2v) is 5.11. The highest BCUT2D eigenvalue weighted by atomic mass is 16.5. The summed E-state index contributed by atoms with van der Waals surface area (Å²) in [5, 5.41) is 9.11. The van der Waals surface area contributed by atoms with Crippen LogP contribution in [0, 0.1) is 17.3 Å². The Bertz CT molecular complexity index is 312. The second kappa shape index (κ2) is 4.07. The molecule has 2 bridgehead atoms. The molecule has 0 saturated heterocycles. The molecule has 90 valence electrons. The zero-order valence-electron chi connectivity index (χ0n) is 9.57. The van der Waals surface area contributed by atoms with Crippen molar-refractivity contribution in [3.63, 3.8) is 0 Å². The van der Waals surface area contributed by atoms with Crippen molar-refractivity contribution in [1.82, 2.24) is 0 Å². The molecule has 0 heterocycles. The lowest BCUT2D eigenvalue weighted by Crippen LogP contribution is -2.45. The van der Waals surface area contributed by atoms with Gasteiger partial charge in [-0.25, -0.2) is 0 Å². The lowest BCUT2D eigenvalue weighted by molar-refractivity contribution is -0.164. The Balaban J connectivity index is 2.16. The van der Waals surface area contributed by atoms with E-state index in [2.05, 4.69) is 0 Å². The molecule has 3 atom stereocenters. The van der Waals surface area contributed by atoms with Gasteiger partial charge in [0.15, 0.2) is 0 Å². The normalized spacial score (nSPS) is 37.8. The van der Waals surface area contributed by atoms with Crippen LogP contribution in [0.1, 0.15) is 38.5 Å². The number of carboxylic acids is 1. The molecular formula is C12H18O4. The molecule has 0 aromatic rings. The number of carbonyl (C=O) groups excluding carboxylic acids is 1. The maximum Gasteiger partial charge on any atom is 0.311 e. The zero-order valence-corrected chi connectivity index (χ0v) is 9.57. The van der Waals surface area contributed by atoms with Crippen LogP contribution in [-0.2, 0) is 14.3 Å². The fourth-order valence-electron chi connectivity index (χ4n) is 3.48. The minimum Gasteiger partial charge on any atom is -0.481 e. The van der Waals surface area contributed by atoms with Gasteiger partial charge in [-0.05, 0) is 38.0 Å². The molecule has 2 fully saturated rings. The molecule has 16 heavy (non-hydrogen) atoms. The number of hydrogen-bond acceptors (Lipinski definition) is 3. The van der Waals surface area contributed by atoms with Crippen molar-refractivity contribution in [2.75, 3.05) is 7.11 Å². The molecule has 0 aromatic carbocycles. The number of fused-ring (bicyclic) bond motifs is 2. The van der Waals surface area contributed by atoms with Gasteiger partial charge < -0.3 is 9.84 Å². The zero-order chi connectivity index (χ0) is 11.8. The van der Waals surface area contributed by atoms with Crippen molar-refractivity contribution < 1.29 is 19.4 Å². The van der Waals surface area contributed by atoms with E-state index in [1.165, 1.54) is 7.11 Å². The highest BCUT2D eigenvalue weighted by molar-refractivity contribution is 5.78. The van der Waals surface area contributed by atoms with E-state index in [9.17, 15) is 9.59 Å². The van der Waals surface area contributed by atoms with E-state index in [4.69, 9.17) is 9.84 Å². The molecule has 0 spiro atoms. The van der Waals surface area contributed by atoms with Gasteiger partial charge in [-0.2, -0.15) is 0 Å². The van der Waals surface area contributed by atoms with Crippen molar-refractivity contribution in [2.24, 2.45) is 17.3 Å². The fourth-order valence-corrected chi connectivity index (χ4v) is 3.48. The number of carbonyl (C=O) groups is 2. The topological polar surface area (TPSA) is 63.6 Å². The second-order valence-electron chi connectivity index (χ2n) is 5.11. The summed E-state index contributed by atoms with van der Waals surface area (Å²) in [4.78, 5) is 22.9. The summed E-state index contributed by atoms with van der Waals surface area (Å²) in [6, 6.07) is 0. The predicted molar refractivity (Wildman–Crippen MR) is 56.8 cm³/mol. The molecule has 0 radical (unpaired) electrons. The molecule has 3 unspecified atom stereocenters. The van der Waals surface area contributed by atoms with Crippen molar-refractivity contribution in [3.8, 4) is 0 Å². The standard InChI is InChI=1S/C12H18O4/c1-16-11(15)12-5-2-3-8(7-12)9(4-6-12)10(13)14/h8-9H,2-7H2,1H3,(H,13,14). The predicted octanol–water partition coefficient (Wildman–Crippen LogP) is 1.83. The van der Waals surface area contributed by atoms with Gasteiger partial charge in [-0.15, -0.1) is 0 Å². The van der Waals surface area contributed by atoms with E-state index in [0.29, 0.717) is 19.3 Å². The summed E-state index contributed by atoms with van der Waals surface area (Å²) in [6.07, 6.45) is 4.75. The highest BCUT2D eigenvalue weighted by Gasteiger charge is 2.50. The van der Waals surface area contributed by atoms with Crippen LogP contribution in [0.3, 0.4) is 0 Å². The molecule has 2 aliphatic rings. The van der Waals surface area contributed by atoms with Gasteiger partial charge in [-0.1, -0.05) is 6.42 Å². The molecule has 2 rings (SSSR count). The Hall–Kier alpha value is -1.06. The van der Waals surface area contributed by atoms with Crippen LogP contribution >= 0.6 is 0 Å². The number of aliphatic carboxylic acids is 1. The van der Waals surface area contributed by atoms with Crippen molar-refractivity contribution in [3.05, 3.63) is 0 Å². The SMILES string of the molecule is COC(=O)C12CCCC(C1)C(C(=O)O)CC2. The molecule has 4 heteroatoms. The fraction of sp³-hybridized carbons (Fsp3) is 0.833. The average molecular weight is 226 g/mol. The van der Waals surface area contributed by atoms with Crippen LogP contribution in [0.15, 0.2) is 0 Å². The van der Waals surface area contributed by atoms with Crippen LogP contribution in [0.4, 0.5) is 0 Å². The number of hydrogen-bond donors (Lipinski definition) is 1. The molecule has 1 N–H and O–H groups in total. The van der Waals surface area contributed by atoms with Crippen LogP contribution in [-0.4, -0.2) is 24.2 Å². The third-order valence-corrected chi connectivity index (χ3v) is 4.32. The maximum atomic E-state index is 11.8. The lowest BCUT2D eigenvalue weighted by Gasteiger charge is -2.45. The minimum absolute atomic E-state index is 0.138. The maximum absolute atomic E-state index is 11.8. The van der Waals surface area contributed by atoms with Crippen molar-refractivity contribution in [1.29, 1.82) is 0 Å². The number of ether oxygens (including phenoxy) is 1. The Morgan fingerprint density at radius 3 is 2.69 bits per heavy atom. The van der Waals surface area contributed by atoms with E-state index in [-0.39, 0.29) is 23.2 Å². The number of methoxy groups -OCH3 is 1. The molecule has 4 nitrogen and oxygen atoms in total. The van der Waals surface area contributed by atoms with Gasteiger partial charge >= 0.3 is 11.9 Å². The first kappa shape index (κ1) is 11.4. The van der Waals surface area contributed by atoms with E-state index < -0.39 is 5.97 Å². The van der Waals surface area contributed by atoms with Crippen LogP contribution in [0.25, 0.3) is 0 Å². The summed E-state index contributed by atoms with van der Waals surface area (Å²) in [5.41, 5.74) is -0.371. The largest absolute Gasteiger partial charge is 0.481 e. The highest BCUT2D eigenvalue weighted by Crippen LogP contribution is 2.51. The molecule has 0 aromatic heterocycles. The summed E-state index contributed by atoms with van der Waals surface area (Å²) >= 11 is 0. The number of esters is 1. The molecule has 2 saturated carbocycles. The Morgan fingerprint density at radius 2 is 2.06 bits per heavy atom. The first-order valence-corrected chi connectivity index (χ1v) is 5.90. The van der Waals surface area contributed by atoms with E-state index in [1.807, 2.05) is 0 Å². The molecule has 0 amide bonds. The quantitative estimate of drug-likeness (QED) is 0.729. The first-order valence-electron chi connectivity index (χ1n) is 5.90. The molecular weight excluding hydrogens is 208 g/mol. The third-order valence-electron chi connectivity index (χ3n) is 4.32. The van der Waals surface area contributed by atoms with E-state index >= 15 is 0 Å². The Morgan fingerprint density at radius 1 is 1.31 bits per heavy atom. The van der Waals surface area contributed by atoms with Crippen LogP contribution in [0.2, 0.25) is 0 Å². The van der Waals surface area contributed by atoms with Gasteiger partial charge in [0.1, 0.15) is 0 Å². The first-order chi connectivity index (χ1) is 7.59. The Labute approximate surface area is 95.0 Å². The number of carboxylic acid groups (broad SMARTS) is 1. The van der Waals surface area contributed by atoms with E-state index in [0.717, 1.165) is 19.3 Å². The average Bonchev–Trinajstić information content (AvgIpc) is 2.27. The summed E-state index contributed by atoms with van der Waals surface area (Å²) < 4.78 is 4.88. The van der Waals surface area contributed by atoms with Crippen LogP contribution in [0.5, 0.6) is 0 Å². The minimum atomic E-state index is -0.703. The van der Waals surface area contributed by atoms with Crippen molar-refractivity contribution in [2.45, 2.75) is 38.5 Å². The Kier molecular flexibility index (Phi) is 2.91. The number of rotatable bonds is 2. The summed E-state index contributed by atoms with van der Waals surface area (Å²) in [7, 11) is 1.42. The van der Waals surface area contributed by atoms with Gasteiger partial charge in [0, 0.05) is 0 Å². The van der Waals surface area contributed by atoms with Gasteiger partial charge in [0.2, 0.25) is 0 Å². The smallest absolute Gasteiger partial charge is 0.311 e. The van der Waals surface area contributed by atoms with E-state index in [1.54, 1.807) is 0 Å². The summed E-state index contributed by atoms with van der Waals surface area (Å²) in [6.45, 7) is 0. The third kappa shape index (κ3) is 1.70. The van der Waals surface area contributed by atoms with Gasteiger partial charge in [0.25, 0.3) is 0 Å². The monoisotopic (exact) mass is 226 g/mol. The van der Waals surface area contributed by atoms with Gasteiger partial charge in [0.05, 0.1) is 18.4 Å². The van der Waals surface area contributed by atoms with Gasteiger partial charge in [-0.3, -0.25) is 9.59 Å². The van der Waals surface area contributed by atoms with Crippen LogP contribution < -0.4 is 0 Å². The molecule has 2 aliphatic carbocycles. The lowest BCUT2D eigenvalue weighted by atomic mass is 9.58. The molecule has 0 aliphatic heterocycles.